The van der Waals surface area contributed by atoms with E-state index in [0.717, 1.165) is 30.0 Å². The van der Waals surface area contributed by atoms with Crippen molar-refractivity contribution in [2.24, 2.45) is 0 Å². The zero-order valence-corrected chi connectivity index (χ0v) is 15.0. The van der Waals surface area contributed by atoms with Gasteiger partial charge >= 0.3 is 0 Å². The first-order valence-electron chi connectivity index (χ1n) is 7.45. The Labute approximate surface area is 155 Å². The maximum atomic E-state index is 13.2. The first-order chi connectivity index (χ1) is 12.5. The van der Waals surface area contributed by atoms with Gasteiger partial charge in [0.15, 0.2) is 5.16 Å². The fraction of sp³-hybridized carbons (Fsp3) is 0.118. The van der Waals surface area contributed by atoms with E-state index in [0.29, 0.717) is 15.4 Å². The van der Waals surface area contributed by atoms with Crippen molar-refractivity contribution in [2.45, 2.75) is 11.7 Å². The van der Waals surface area contributed by atoms with E-state index in [-0.39, 0.29) is 23.5 Å². The van der Waals surface area contributed by atoms with E-state index >= 15 is 0 Å². The highest BCUT2D eigenvalue weighted by Crippen LogP contribution is 2.21. The van der Waals surface area contributed by atoms with Crippen LogP contribution in [0.15, 0.2) is 52.3 Å². The molecule has 9 heteroatoms. The molecule has 0 saturated heterocycles. The molecule has 134 valence electrons. The molecular weight excluding hydrogens is 380 g/mol. The van der Waals surface area contributed by atoms with Crippen molar-refractivity contribution in [3.05, 3.63) is 64.3 Å². The number of hydrogen-bond donors (Lipinski definition) is 1. The zero-order valence-electron chi connectivity index (χ0n) is 13.4. The normalized spacial score (nSPS) is 10.8. The molecule has 2 heterocycles. The fourth-order valence-electron chi connectivity index (χ4n) is 2.28. The van der Waals surface area contributed by atoms with E-state index in [1.165, 1.54) is 15.9 Å². The van der Waals surface area contributed by atoms with E-state index in [1.54, 1.807) is 17.5 Å². The number of fused-ring (bicyclic) bond motifs is 1. The van der Waals surface area contributed by atoms with Crippen LogP contribution in [0.25, 0.3) is 10.2 Å². The first-order valence-corrected chi connectivity index (χ1v) is 9.32. The topological polar surface area (TPSA) is 64.0 Å². The van der Waals surface area contributed by atoms with Crippen LogP contribution in [0.5, 0.6) is 0 Å². The molecule has 0 spiro atoms. The lowest BCUT2D eigenvalue weighted by molar-refractivity contribution is -0.113. The summed E-state index contributed by atoms with van der Waals surface area (Å²) < 4.78 is 27.8. The second-order valence-corrected chi connectivity index (χ2v) is 7.07. The minimum Gasteiger partial charge on any atom is -0.325 e. The van der Waals surface area contributed by atoms with E-state index in [4.69, 9.17) is 0 Å². The molecule has 0 radical (unpaired) electrons. The lowest BCUT2D eigenvalue weighted by Gasteiger charge is -2.10. The third-order valence-electron chi connectivity index (χ3n) is 3.34. The summed E-state index contributed by atoms with van der Waals surface area (Å²) in [7, 11) is 0. The molecule has 0 bridgehead atoms. The third kappa shape index (κ3) is 4.00. The Bertz CT molecular complexity index is 1030. The standard InChI is InChI=1S/C17H13F2N3O2S2/c1-2-4-22-16(24)13-3-5-25-15(13)21-17(22)26-9-14(23)20-12-7-10(18)6-11(19)8-12/h2-3,5-8H,1,4,9H2,(H,20,23). The number of anilines is 1. The quantitative estimate of drug-likeness (QED) is 0.394. The molecule has 0 unspecified atom stereocenters. The van der Waals surface area contributed by atoms with Gasteiger partial charge in [-0.05, 0) is 23.6 Å². The van der Waals surface area contributed by atoms with Crippen molar-refractivity contribution in [3.63, 3.8) is 0 Å². The monoisotopic (exact) mass is 393 g/mol. The smallest absolute Gasteiger partial charge is 0.263 e. The third-order valence-corrected chi connectivity index (χ3v) is 5.12. The van der Waals surface area contributed by atoms with E-state index < -0.39 is 17.5 Å². The zero-order chi connectivity index (χ0) is 18.7. The number of nitrogens with one attached hydrogen (secondary N) is 1. The van der Waals surface area contributed by atoms with Crippen LogP contribution in [0.4, 0.5) is 14.5 Å². The number of thiophene rings is 1. The Kier molecular flexibility index (Phi) is 5.48. The number of allylic oxidation sites excluding steroid dienone is 1. The summed E-state index contributed by atoms with van der Waals surface area (Å²) in [6.07, 6.45) is 1.57. The van der Waals surface area contributed by atoms with Gasteiger partial charge in [-0.2, -0.15) is 0 Å². The molecule has 0 saturated carbocycles. The highest BCUT2D eigenvalue weighted by Gasteiger charge is 2.14. The molecule has 0 aliphatic rings. The Balaban J connectivity index is 1.78. The second-order valence-electron chi connectivity index (χ2n) is 5.23. The molecule has 26 heavy (non-hydrogen) atoms. The lowest BCUT2D eigenvalue weighted by Crippen LogP contribution is -2.23. The molecule has 3 aromatic rings. The second kappa shape index (κ2) is 7.79. The van der Waals surface area contributed by atoms with Gasteiger partial charge in [-0.1, -0.05) is 17.8 Å². The molecule has 1 N–H and O–H groups in total. The average molecular weight is 393 g/mol. The van der Waals surface area contributed by atoms with Gasteiger partial charge in [-0.15, -0.1) is 17.9 Å². The predicted octanol–water partition coefficient (Wildman–Crippen LogP) is 3.65. The predicted molar refractivity (Wildman–Crippen MR) is 99.8 cm³/mol. The number of carbonyl (C=O) groups is 1. The summed E-state index contributed by atoms with van der Waals surface area (Å²) in [6.45, 7) is 3.89. The molecule has 0 atom stereocenters. The van der Waals surface area contributed by atoms with Gasteiger partial charge in [0.1, 0.15) is 16.5 Å². The lowest BCUT2D eigenvalue weighted by atomic mass is 10.3. The molecule has 1 amide bonds. The van der Waals surface area contributed by atoms with Crippen molar-refractivity contribution >= 4 is 44.9 Å². The first kappa shape index (κ1) is 18.3. The van der Waals surface area contributed by atoms with E-state index in [2.05, 4.69) is 16.9 Å². The van der Waals surface area contributed by atoms with Crippen molar-refractivity contribution in [1.29, 1.82) is 0 Å². The number of halogens is 2. The van der Waals surface area contributed by atoms with Gasteiger partial charge in [0.05, 0.1) is 11.1 Å². The van der Waals surface area contributed by atoms with Gasteiger partial charge in [0, 0.05) is 18.3 Å². The summed E-state index contributed by atoms with van der Waals surface area (Å²) in [4.78, 5) is 29.6. The SMILES string of the molecule is C=CCn1c(SCC(=O)Nc2cc(F)cc(F)c2)nc2sccc2c1=O. The van der Waals surface area contributed by atoms with Crippen molar-refractivity contribution < 1.29 is 13.6 Å². The number of aromatic nitrogens is 2. The maximum Gasteiger partial charge on any atom is 0.263 e. The number of benzene rings is 1. The van der Waals surface area contributed by atoms with Crippen LogP contribution in [-0.2, 0) is 11.3 Å². The molecule has 3 rings (SSSR count). The average Bonchev–Trinajstić information content (AvgIpc) is 3.03. The van der Waals surface area contributed by atoms with Crippen LogP contribution < -0.4 is 10.9 Å². The molecule has 0 fully saturated rings. The van der Waals surface area contributed by atoms with Crippen LogP contribution in [0.1, 0.15) is 0 Å². The highest BCUT2D eigenvalue weighted by atomic mass is 32.2. The highest BCUT2D eigenvalue weighted by molar-refractivity contribution is 7.99. The Morgan fingerprint density at radius 3 is 2.77 bits per heavy atom. The van der Waals surface area contributed by atoms with Gasteiger partial charge in [0.2, 0.25) is 5.91 Å². The van der Waals surface area contributed by atoms with Gasteiger partial charge in [-0.3, -0.25) is 14.2 Å². The largest absolute Gasteiger partial charge is 0.325 e. The van der Waals surface area contributed by atoms with Gasteiger partial charge in [-0.25, -0.2) is 13.8 Å². The summed E-state index contributed by atoms with van der Waals surface area (Å²) in [5.41, 5.74) is -0.176. The summed E-state index contributed by atoms with van der Waals surface area (Å²) in [5, 5.41) is 5.09. The number of carbonyl (C=O) groups excluding carboxylic acids is 1. The molecule has 1 aromatic carbocycles. The number of rotatable bonds is 6. The van der Waals surface area contributed by atoms with Crippen molar-refractivity contribution in [2.75, 3.05) is 11.1 Å². The molecule has 2 aromatic heterocycles. The van der Waals surface area contributed by atoms with Gasteiger partial charge < -0.3 is 5.32 Å². The number of nitrogens with zero attached hydrogens (tertiary/aromatic N) is 2. The maximum absolute atomic E-state index is 13.2. The molecule has 5 nitrogen and oxygen atoms in total. The van der Waals surface area contributed by atoms with Crippen molar-refractivity contribution in [3.8, 4) is 0 Å². The van der Waals surface area contributed by atoms with Crippen LogP contribution in [0.2, 0.25) is 0 Å². The van der Waals surface area contributed by atoms with Crippen LogP contribution >= 0.6 is 23.1 Å². The number of thioether (sulfide) groups is 1. The minimum absolute atomic E-state index is 0.0262. The van der Waals surface area contributed by atoms with Gasteiger partial charge in [0.25, 0.3) is 5.56 Å². The molecular formula is C17H13F2N3O2S2. The Morgan fingerprint density at radius 2 is 2.08 bits per heavy atom. The molecule has 0 aliphatic carbocycles. The van der Waals surface area contributed by atoms with Crippen LogP contribution in [0.3, 0.4) is 0 Å². The summed E-state index contributed by atoms with van der Waals surface area (Å²) in [6, 6.07) is 4.47. The minimum atomic E-state index is -0.780. The fourth-order valence-corrected chi connectivity index (χ4v) is 3.90. The van der Waals surface area contributed by atoms with E-state index in [9.17, 15) is 18.4 Å². The molecule has 0 aliphatic heterocycles. The summed E-state index contributed by atoms with van der Waals surface area (Å²) >= 11 is 2.40. The van der Waals surface area contributed by atoms with Crippen molar-refractivity contribution in [1.82, 2.24) is 9.55 Å². The summed E-state index contributed by atoms with van der Waals surface area (Å²) in [5.74, 6) is -2.10. The number of hydrogen-bond acceptors (Lipinski definition) is 5. The number of amides is 1. The Hall–Kier alpha value is -2.52. The van der Waals surface area contributed by atoms with E-state index in [1.807, 2.05) is 0 Å². The van der Waals surface area contributed by atoms with Crippen LogP contribution in [-0.4, -0.2) is 21.2 Å². The Morgan fingerprint density at radius 1 is 1.35 bits per heavy atom. The van der Waals surface area contributed by atoms with Crippen LogP contribution in [0, 0.1) is 11.6 Å².